The van der Waals surface area contributed by atoms with Gasteiger partial charge in [-0.15, -0.1) is 0 Å². The average molecular weight is 188 g/mol. The molecule has 1 spiro atoms. The van der Waals surface area contributed by atoms with Gasteiger partial charge in [-0.1, -0.05) is 0 Å². The molecule has 0 aromatic rings. The van der Waals surface area contributed by atoms with Crippen LogP contribution in [-0.4, -0.2) is 49.8 Å². The third-order valence-corrected chi connectivity index (χ3v) is 3.10. The molecule has 1 saturated carbocycles. The Morgan fingerprint density at radius 1 is 1.38 bits per heavy atom. The molecule has 0 aromatic carbocycles. The van der Waals surface area contributed by atoms with E-state index in [9.17, 15) is 5.11 Å². The summed E-state index contributed by atoms with van der Waals surface area (Å²) in [5, 5.41) is 9.67. The minimum atomic E-state index is -0.426. The molecule has 1 N–H and O–H groups in total. The Hall–Kier alpha value is -0.160. The normalized spacial score (nSPS) is 49.6. The van der Waals surface area contributed by atoms with Crippen LogP contribution in [0.2, 0.25) is 0 Å². The lowest BCUT2D eigenvalue weighted by molar-refractivity contribution is -0.145. The Morgan fingerprint density at radius 2 is 2.08 bits per heavy atom. The minimum Gasteiger partial charge on any atom is -0.390 e. The van der Waals surface area contributed by atoms with Gasteiger partial charge in [0.15, 0.2) is 0 Å². The Balaban J connectivity index is 2.12. The van der Waals surface area contributed by atoms with E-state index >= 15 is 0 Å². The van der Waals surface area contributed by atoms with E-state index in [2.05, 4.69) is 0 Å². The fourth-order valence-electron chi connectivity index (χ4n) is 2.23. The summed E-state index contributed by atoms with van der Waals surface area (Å²) in [5.74, 6) is 0. The summed E-state index contributed by atoms with van der Waals surface area (Å²) in [6.45, 7) is 0.734. The van der Waals surface area contributed by atoms with E-state index < -0.39 is 6.10 Å². The first-order valence-corrected chi connectivity index (χ1v) is 4.61. The first-order valence-electron chi connectivity index (χ1n) is 4.61. The first-order chi connectivity index (χ1) is 6.23. The van der Waals surface area contributed by atoms with Gasteiger partial charge in [0.25, 0.3) is 0 Å². The average Bonchev–Trinajstić information content (AvgIpc) is 2.90. The van der Waals surface area contributed by atoms with Crippen molar-refractivity contribution in [2.75, 3.05) is 20.8 Å². The zero-order valence-corrected chi connectivity index (χ0v) is 8.03. The Kier molecular flexibility index (Phi) is 2.32. The van der Waals surface area contributed by atoms with E-state index in [0.717, 1.165) is 19.4 Å². The quantitative estimate of drug-likeness (QED) is 0.617. The van der Waals surface area contributed by atoms with Crippen LogP contribution in [0.3, 0.4) is 0 Å². The topological polar surface area (TPSA) is 51.2 Å². The zero-order valence-electron chi connectivity index (χ0n) is 8.03. The highest BCUT2D eigenvalue weighted by atomic mass is 16.6. The van der Waals surface area contributed by atoms with Gasteiger partial charge in [-0.05, 0) is 12.8 Å². The molecule has 76 valence electrons. The summed E-state index contributed by atoms with van der Waals surface area (Å²) >= 11 is 0. The van der Waals surface area contributed by atoms with Gasteiger partial charge in [0, 0.05) is 14.2 Å². The smallest absolute Gasteiger partial charge is 0.120 e. The van der Waals surface area contributed by atoms with Crippen molar-refractivity contribution in [1.29, 1.82) is 0 Å². The third-order valence-electron chi connectivity index (χ3n) is 3.10. The minimum absolute atomic E-state index is 0.124. The molecule has 1 aliphatic heterocycles. The van der Waals surface area contributed by atoms with Crippen molar-refractivity contribution < 1.29 is 19.3 Å². The molecule has 1 saturated heterocycles. The van der Waals surface area contributed by atoms with Crippen LogP contribution < -0.4 is 0 Å². The van der Waals surface area contributed by atoms with Crippen LogP contribution in [0.15, 0.2) is 0 Å². The zero-order chi connectivity index (χ0) is 9.47. The van der Waals surface area contributed by atoms with Crippen molar-refractivity contribution in [3.8, 4) is 0 Å². The van der Waals surface area contributed by atoms with Crippen molar-refractivity contribution in [1.82, 2.24) is 0 Å². The summed E-state index contributed by atoms with van der Waals surface area (Å²) < 4.78 is 16.0. The summed E-state index contributed by atoms with van der Waals surface area (Å²) in [6, 6.07) is 0. The highest BCUT2D eigenvalue weighted by Crippen LogP contribution is 2.44. The van der Waals surface area contributed by atoms with Crippen LogP contribution >= 0.6 is 0 Å². The Bertz CT molecular complexity index is 190. The van der Waals surface area contributed by atoms with E-state index in [4.69, 9.17) is 14.2 Å². The van der Waals surface area contributed by atoms with Gasteiger partial charge in [0.05, 0.1) is 12.7 Å². The number of hydrogen-bond donors (Lipinski definition) is 1. The molecule has 1 heterocycles. The highest BCUT2D eigenvalue weighted by molar-refractivity contribution is 5.08. The van der Waals surface area contributed by atoms with Crippen LogP contribution in [0.1, 0.15) is 12.8 Å². The van der Waals surface area contributed by atoms with Gasteiger partial charge in [0.1, 0.15) is 17.8 Å². The lowest BCUT2D eigenvalue weighted by Gasteiger charge is -2.37. The van der Waals surface area contributed by atoms with E-state index in [-0.39, 0.29) is 17.8 Å². The molecule has 4 heteroatoms. The fourth-order valence-corrected chi connectivity index (χ4v) is 2.23. The third kappa shape index (κ3) is 1.38. The molecular weight excluding hydrogens is 172 g/mol. The molecule has 4 atom stereocenters. The summed E-state index contributed by atoms with van der Waals surface area (Å²) in [6.07, 6.45) is 0.803. The highest BCUT2D eigenvalue weighted by Gasteiger charge is 2.59. The monoisotopic (exact) mass is 188 g/mol. The van der Waals surface area contributed by atoms with Gasteiger partial charge in [-0.25, -0.2) is 0 Å². The van der Waals surface area contributed by atoms with E-state index in [1.165, 1.54) is 0 Å². The molecule has 2 rings (SSSR count). The summed E-state index contributed by atoms with van der Waals surface area (Å²) in [7, 11) is 3.24. The molecule has 0 radical (unpaired) electrons. The predicted molar refractivity (Wildman–Crippen MR) is 45.5 cm³/mol. The number of methoxy groups -OCH3 is 2. The van der Waals surface area contributed by atoms with Crippen molar-refractivity contribution in [3.63, 3.8) is 0 Å². The molecule has 0 bridgehead atoms. The standard InChI is InChI=1S/C9H16O4/c1-11-7-6(10)3-4-9(5-13-9)8(7)12-2/h6-8,10H,3-5H2,1-2H3/t6-,7-,8+,9+/m1/s1. The number of rotatable bonds is 2. The molecule has 4 nitrogen and oxygen atoms in total. The van der Waals surface area contributed by atoms with Crippen molar-refractivity contribution >= 4 is 0 Å². The van der Waals surface area contributed by atoms with Crippen molar-refractivity contribution in [2.45, 2.75) is 36.8 Å². The van der Waals surface area contributed by atoms with E-state index in [0.29, 0.717) is 0 Å². The lowest BCUT2D eigenvalue weighted by atomic mass is 9.82. The molecule has 0 aromatic heterocycles. The summed E-state index contributed by atoms with van der Waals surface area (Å²) in [4.78, 5) is 0. The number of aliphatic hydroxyl groups excluding tert-OH is 1. The molecule has 2 aliphatic rings. The van der Waals surface area contributed by atoms with Crippen LogP contribution in [0.25, 0.3) is 0 Å². The fraction of sp³-hybridized carbons (Fsp3) is 1.00. The summed E-state index contributed by atoms with van der Waals surface area (Å²) in [5.41, 5.74) is -0.158. The van der Waals surface area contributed by atoms with Gasteiger partial charge >= 0.3 is 0 Å². The molecule has 0 unspecified atom stereocenters. The molecule has 0 amide bonds. The van der Waals surface area contributed by atoms with Crippen molar-refractivity contribution in [2.24, 2.45) is 0 Å². The maximum atomic E-state index is 9.67. The SMILES string of the molecule is CO[C@@H]1[C@H](O)CC[C@]2(CO2)[C@H]1OC. The number of ether oxygens (including phenoxy) is 3. The van der Waals surface area contributed by atoms with E-state index in [1.54, 1.807) is 14.2 Å². The van der Waals surface area contributed by atoms with Crippen LogP contribution in [-0.2, 0) is 14.2 Å². The first kappa shape index (κ1) is 9.40. The van der Waals surface area contributed by atoms with Crippen molar-refractivity contribution in [3.05, 3.63) is 0 Å². The number of hydrogen-bond acceptors (Lipinski definition) is 4. The van der Waals surface area contributed by atoms with Gasteiger partial charge < -0.3 is 19.3 Å². The largest absolute Gasteiger partial charge is 0.390 e. The predicted octanol–water partition coefficient (Wildman–Crippen LogP) is -0.0599. The van der Waals surface area contributed by atoms with Crippen LogP contribution in [0.5, 0.6) is 0 Å². The molecule has 13 heavy (non-hydrogen) atoms. The molecule has 1 aliphatic carbocycles. The van der Waals surface area contributed by atoms with Gasteiger partial charge in [0.2, 0.25) is 0 Å². The van der Waals surface area contributed by atoms with E-state index in [1.807, 2.05) is 0 Å². The van der Waals surface area contributed by atoms with Gasteiger partial charge in [-0.2, -0.15) is 0 Å². The second-order valence-electron chi connectivity index (χ2n) is 3.82. The second kappa shape index (κ2) is 3.20. The second-order valence-corrected chi connectivity index (χ2v) is 3.82. The molecular formula is C9H16O4. The maximum absolute atomic E-state index is 9.67. The Morgan fingerprint density at radius 3 is 2.54 bits per heavy atom. The lowest BCUT2D eigenvalue weighted by Crippen LogP contribution is -2.53. The molecule has 2 fully saturated rings. The Labute approximate surface area is 77.8 Å². The van der Waals surface area contributed by atoms with Crippen LogP contribution in [0.4, 0.5) is 0 Å². The maximum Gasteiger partial charge on any atom is 0.120 e. The van der Waals surface area contributed by atoms with Gasteiger partial charge in [-0.3, -0.25) is 0 Å². The van der Waals surface area contributed by atoms with Crippen LogP contribution in [0, 0.1) is 0 Å². The number of epoxide rings is 1. The number of aliphatic hydroxyl groups is 1.